The summed E-state index contributed by atoms with van der Waals surface area (Å²) in [7, 11) is 0. The van der Waals surface area contributed by atoms with E-state index in [4.69, 9.17) is 9.47 Å². The fraction of sp³-hybridized carbons (Fsp3) is 0.235. The Morgan fingerprint density at radius 1 is 1.10 bits per heavy atom. The Morgan fingerprint density at radius 2 is 1.95 bits per heavy atom. The molecule has 1 atom stereocenters. The van der Waals surface area contributed by atoms with Gasteiger partial charge in [0.1, 0.15) is 0 Å². The second-order valence-corrected chi connectivity index (χ2v) is 8.04. The molecule has 0 aliphatic carbocycles. The Morgan fingerprint density at radius 3 is 2.81 bits per heavy atom. The van der Waals surface area contributed by atoms with E-state index in [2.05, 4.69) is 36.4 Å². The summed E-state index contributed by atoms with van der Waals surface area (Å²) in [5.74, 6) is 0.534. The minimum atomic E-state index is -0.436. The zero-order valence-electron chi connectivity index (χ0n) is 11.3. The van der Waals surface area contributed by atoms with Crippen LogP contribution in [0.3, 0.4) is 0 Å². The van der Waals surface area contributed by atoms with Crippen molar-refractivity contribution in [1.29, 1.82) is 0 Å². The third-order valence-electron chi connectivity index (χ3n) is 3.73. The summed E-state index contributed by atoms with van der Waals surface area (Å²) in [5.41, 5.74) is 2.76. The Kier molecular flexibility index (Phi) is 3.33. The number of benzene rings is 2. The standard InChI is InChI=1S/C17H14IO3/c19-17-16(7-8-20-17)21-13-5-6-15-12(10-13)9-11-3-1-2-4-14(11)18-15/h1-6,10,16H,7-9H2/q-1. The van der Waals surface area contributed by atoms with E-state index >= 15 is 0 Å². The summed E-state index contributed by atoms with van der Waals surface area (Å²) >= 11 is -0.110. The van der Waals surface area contributed by atoms with E-state index in [0.717, 1.165) is 12.2 Å². The molecule has 21 heavy (non-hydrogen) atoms. The molecule has 108 valence electrons. The maximum atomic E-state index is 11.5. The molecule has 0 radical (unpaired) electrons. The van der Waals surface area contributed by atoms with Crippen molar-refractivity contribution in [3.8, 4) is 5.75 Å². The molecule has 1 fully saturated rings. The molecule has 0 amide bonds. The number of carbonyl (C=O) groups is 1. The molecule has 0 bridgehead atoms. The Balaban J connectivity index is 1.59. The first-order valence-electron chi connectivity index (χ1n) is 6.98. The van der Waals surface area contributed by atoms with Crippen molar-refractivity contribution in [2.75, 3.05) is 6.61 Å². The van der Waals surface area contributed by atoms with Gasteiger partial charge in [0.25, 0.3) is 0 Å². The fourth-order valence-electron chi connectivity index (χ4n) is 2.65. The number of hydrogen-bond acceptors (Lipinski definition) is 3. The number of halogens is 1. The van der Waals surface area contributed by atoms with Crippen LogP contribution < -0.4 is 25.9 Å². The first kappa shape index (κ1) is 13.1. The monoisotopic (exact) mass is 393 g/mol. The molecule has 0 aromatic heterocycles. The predicted molar refractivity (Wildman–Crippen MR) is 73.1 cm³/mol. The van der Waals surface area contributed by atoms with Gasteiger partial charge in [0, 0.05) is 0 Å². The van der Waals surface area contributed by atoms with E-state index in [1.165, 1.54) is 18.3 Å². The van der Waals surface area contributed by atoms with Gasteiger partial charge in [0.05, 0.1) is 0 Å². The third kappa shape index (κ3) is 2.52. The van der Waals surface area contributed by atoms with Gasteiger partial charge in [-0.1, -0.05) is 0 Å². The zero-order valence-corrected chi connectivity index (χ0v) is 13.5. The van der Waals surface area contributed by atoms with Gasteiger partial charge in [-0.15, -0.1) is 0 Å². The molecular weight excluding hydrogens is 379 g/mol. The van der Waals surface area contributed by atoms with Gasteiger partial charge in [0.15, 0.2) is 0 Å². The summed E-state index contributed by atoms with van der Waals surface area (Å²) in [6, 6.07) is 14.9. The van der Waals surface area contributed by atoms with Crippen LogP contribution in [0.15, 0.2) is 42.5 Å². The van der Waals surface area contributed by atoms with Gasteiger partial charge >= 0.3 is 133 Å². The van der Waals surface area contributed by atoms with Gasteiger partial charge in [-0.25, -0.2) is 0 Å². The molecule has 2 aromatic rings. The van der Waals surface area contributed by atoms with Gasteiger partial charge in [-0.3, -0.25) is 0 Å². The first-order chi connectivity index (χ1) is 10.3. The van der Waals surface area contributed by atoms with Gasteiger partial charge in [-0.2, -0.15) is 0 Å². The average Bonchev–Trinajstić information content (AvgIpc) is 2.90. The van der Waals surface area contributed by atoms with Crippen molar-refractivity contribution in [1.82, 2.24) is 0 Å². The second kappa shape index (κ2) is 5.33. The van der Waals surface area contributed by atoms with Crippen molar-refractivity contribution < 1.29 is 35.5 Å². The quantitative estimate of drug-likeness (QED) is 0.432. The normalized spacial score (nSPS) is 20.0. The van der Waals surface area contributed by atoms with Crippen LogP contribution in [0.25, 0.3) is 0 Å². The van der Waals surface area contributed by atoms with E-state index in [1.807, 2.05) is 6.07 Å². The number of cyclic esters (lactones) is 1. The van der Waals surface area contributed by atoms with E-state index in [9.17, 15) is 4.79 Å². The molecule has 3 nitrogen and oxygen atoms in total. The van der Waals surface area contributed by atoms with Gasteiger partial charge in [-0.05, 0) is 0 Å². The van der Waals surface area contributed by atoms with Crippen molar-refractivity contribution in [3.05, 3.63) is 60.7 Å². The molecule has 0 spiro atoms. The third-order valence-corrected chi connectivity index (χ3v) is 6.99. The Hall–Kier alpha value is -1.56. The molecular formula is C17H14IO3-. The Labute approximate surface area is 133 Å². The molecule has 2 heterocycles. The van der Waals surface area contributed by atoms with Crippen LogP contribution in [-0.4, -0.2) is 18.7 Å². The van der Waals surface area contributed by atoms with Crippen LogP contribution in [0.5, 0.6) is 5.75 Å². The van der Waals surface area contributed by atoms with Crippen molar-refractivity contribution in [3.63, 3.8) is 0 Å². The van der Waals surface area contributed by atoms with E-state index in [-0.39, 0.29) is 27.2 Å². The molecule has 2 aliphatic rings. The second-order valence-electron chi connectivity index (χ2n) is 5.18. The number of hydrogen-bond donors (Lipinski definition) is 0. The fourth-order valence-corrected chi connectivity index (χ4v) is 5.43. The van der Waals surface area contributed by atoms with Crippen molar-refractivity contribution in [2.24, 2.45) is 0 Å². The van der Waals surface area contributed by atoms with Crippen LogP contribution in [0, 0.1) is 7.14 Å². The summed E-state index contributed by atoms with van der Waals surface area (Å²) in [5, 5.41) is 0. The number of esters is 1. The van der Waals surface area contributed by atoms with Crippen LogP contribution in [0.4, 0.5) is 0 Å². The van der Waals surface area contributed by atoms with Crippen LogP contribution in [-0.2, 0) is 16.0 Å². The predicted octanol–water partition coefficient (Wildman–Crippen LogP) is -0.587. The van der Waals surface area contributed by atoms with Crippen LogP contribution in [0.2, 0.25) is 0 Å². The van der Waals surface area contributed by atoms with E-state index in [1.54, 1.807) is 0 Å². The number of fused-ring (bicyclic) bond motifs is 2. The molecule has 2 aromatic carbocycles. The Bertz CT molecular complexity index is 711. The summed E-state index contributed by atoms with van der Waals surface area (Å²) < 4.78 is 13.7. The number of ether oxygens (including phenoxy) is 2. The molecule has 1 saturated heterocycles. The van der Waals surface area contributed by atoms with Crippen molar-refractivity contribution in [2.45, 2.75) is 18.9 Å². The zero-order chi connectivity index (χ0) is 14.2. The number of rotatable bonds is 2. The molecule has 2 aliphatic heterocycles. The molecule has 0 N–H and O–H groups in total. The van der Waals surface area contributed by atoms with E-state index in [0.29, 0.717) is 13.0 Å². The minimum absolute atomic E-state index is 0.110. The number of carbonyl (C=O) groups excluding carboxylic acids is 1. The molecule has 4 heteroatoms. The average molecular weight is 393 g/mol. The SMILES string of the molecule is O=C1OCCC1Oc1ccc2c(c1)Cc1ccccc1[I-]2. The van der Waals surface area contributed by atoms with Crippen molar-refractivity contribution >= 4 is 5.97 Å². The first-order valence-corrected chi connectivity index (χ1v) is 9.14. The van der Waals surface area contributed by atoms with Crippen LogP contribution >= 0.6 is 0 Å². The summed E-state index contributed by atoms with van der Waals surface area (Å²) in [6.07, 6.45) is 1.16. The topological polar surface area (TPSA) is 35.5 Å². The van der Waals surface area contributed by atoms with Gasteiger partial charge < -0.3 is 0 Å². The van der Waals surface area contributed by atoms with Gasteiger partial charge in [0.2, 0.25) is 0 Å². The summed E-state index contributed by atoms with van der Waals surface area (Å²) in [6.45, 7) is 0.466. The molecule has 1 unspecified atom stereocenters. The maximum absolute atomic E-state index is 11.5. The van der Waals surface area contributed by atoms with E-state index < -0.39 is 6.10 Å². The van der Waals surface area contributed by atoms with Crippen LogP contribution in [0.1, 0.15) is 17.5 Å². The molecule has 0 saturated carbocycles. The molecule has 4 rings (SSSR count). The summed E-state index contributed by atoms with van der Waals surface area (Å²) in [4.78, 5) is 11.5.